The molecule has 0 amide bonds. The highest BCUT2D eigenvalue weighted by Crippen LogP contribution is 2.20. The van der Waals surface area contributed by atoms with Crippen molar-refractivity contribution in [2.24, 2.45) is 5.73 Å². The van der Waals surface area contributed by atoms with E-state index >= 15 is 0 Å². The Morgan fingerprint density at radius 3 is 2.64 bits per heavy atom. The van der Waals surface area contributed by atoms with Crippen LogP contribution in [0.15, 0.2) is 36.5 Å². The van der Waals surface area contributed by atoms with Gasteiger partial charge in [-0.05, 0) is 17.2 Å². The molecule has 3 rings (SSSR count). The molecular formula is C16H17ClN4O. The van der Waals surface area contributed by atoms with Crippen molar-refractivity contribution in [3.8, 4) is 0 Å². The Bertz CT molecular complexity index is 783. The molecule has 0 fully saturated rings. The average molecular weight is 317 g/mol. The van der Waals surface area contributed by atoms with E-state index in [9.17, 15) is 0 Å². The molecule has 0 unspecified atom stereocenters. The first-order valence-corrected chi connectivity index (χ1v) is 7.36. The van der Waals surface area contributed by atoms with E-state index < -0.39 is 0 Å². The number of ether oxygens (including phenoxy) is 1. The van der Waals surface area contributed by atoms with Crippen LogP contribution < -0.4 is 5.73 Å². The van der Waals surface area contributed by atoms with Crippen LogP contribution in [-0.4, -0.2) is 21.6 Å². The van der Waals surface area contributed by atoms with Gasteiger partial charge in [-0.3, -0.25) is 0 Å². The zero-order valence-electron chi connectivity index (χ0n) is 12.3. The predicted octanol–water partition coefficient (Wildman–Crippen LogP) is 2.74. The molecule has 2 N–H and O–H groups in total. The van der Waals surface area contributed by atoms with Crippen molar-refractivity contribution in [2.45, 2.75) is 19.7 Å². The Labute approximate surface area is 133 Å². The molecule has 2 heterocycles. The highest BCUT2D eigenvalue weighted by atomic mass is 35.5. The van der Waals surface area contributed by atoms with Gasteiger partial charge >= 0.3 is 0 Å². The fourth-order valence-electron chi connectivity index (χ4n) is 2.40. The van der Waals surface area contributed by atoms with Crippen molar-refractivity contribution in [1.82, 2.24) is 14.5 Å². The molecule has 22 heavy (non-hydrogen) atoms. The number of methoxy groups -OCH3 is 1. The first kappa shape index (κ1) is 15.0. The molecule has 0 radical (unpaired) electrons. The van der Waals surface area contributed by atoms with Crippen LogP contribution in [-0.2, 0) is 24.4 Å². The second-order valence-corrected chi connectivity index (χ2v) is 5.50. The number of rotatable bonds is 5. The molecular weight excluding hydrogens is 300 g/mol. The van der Waals surface area contributed by atoms with E-state index in [2.05, 4.69) is 22.1 Å². The third-order valence-electron chi connectivity index (χ3n) is 3.50. The summed E-state index contributed by atoms with van der Waals surface area (Å²) in [5.74, 6) is 0.829. The molecule has 6 heteroatoms. The van der Waals surface area contributed by atoms with Crippen molar-refractivity contribution >= 4 is 22.8 Å². The number of hydrogen-bond donors (Lipinski definition) is 1. The number of nitrogens with two attached hydrogens (primary N) is 1. The average Bonchev–Trinajstić information content (AvgIpc) is 2.85. The zero-order chi connectivity index (χ0) is 15.5. The van der Waals surface area contributed by atoms with E-state index in [1.807, 2.05) is 22.8 Å². The molecule has 0 aliphatic rings. The minimum Gasteiger partial charge on any atom is -0.377 e. The first-order chi connectivity index (χ1) is 10.7. The number of pyridine rings is 1. The molecule has 0 aliphatic carbocycles. The van der Waals surface area contributed by atoms with E-state index in [1.165, 1.54) is 0 Å². The largest absolute Gasteiger partial charge is 0.377 e. The van der Waals surface area contributed by atoms with Crippen LogP contribution in [0.5, 0.6) is 0 Å². The van der Waals surface area contributed by atoms with Gasteiger partial charge in [0.05, 0.1) is 11.6 Å². The summed E-state index contributed by atoms with van der Waals surface area (Å²) in [6, 6.07) is 10.0. The quantitative estimate of drug-likeness (QED) is 0.786. The Morgan fingerprint density at radius 1 is 1.23 bits per heavy atom. The molecule has 0 atom stereocenters. The minimum absolute atomic E-state index is 0.425. The fourth-order valence-corrected chi connectivity index (χ4v) is 2.55. The molecule has 0 saturated carbocycles. The minimum atomic E-state index is 0.425. The van der Waals surface area contributed by atoms with Crippen LogP contribution in [0.25, 0.3) is 11.2 Å². The second kappa shape index (κ2) is 6.44. The number of nitrogens with zero attached hydrogens (tertiary/aromatic N) is 3. The smallest absolute Gasteiger partial charge is 0.160 e. The van der Waals surface area contributed by atoms with Gasteiger partial charge in [0.2, 0.25) is 0 Å². The predicted molar refractivity (Wildman–Crippen MR) is 86.7 cm³/mol. The number of fused-ring (bicyclic) bond motifs is 1. The molecule has 0 aliphatic heterocycles. The van der Waals surface area contributed by atoms with Gasteiger partial charge in [0, 0.05) is 19.9 Å². The number of halogens is 1. The maximum atomic E-state index is 6.00. The van der Waals surface area contributed by atoms with E-state index in [-0.39, 0.29) is 0 Å². The van der Waals surface area contributed by atoms with Crippen molar-refractivity contribution in [2.75, 3.05) is 7.11 Å². The van der Waals surface area contributed by atoms with Crippen molar-refractivity contribution in [3.05, 3.63) is 58.5 Å². The summed E-state index contributed by atoms with van der Waals surface area (Å²) in [7, 11) is 1.65. The SMILES string of the molecule is COCc1nc2cc(Cl)cnc2n1Cc1ccc(CN)cc1. The van der Waals surface area contributed by atoms with Crippen LogP contribution >= 0.6 is 11.6 Å². The lowest BCUT2D eigenvalue weighted by Crippen LogP contribution is -2.07. The van der Waals surface area contributed by atoms with Crippen LogP contribution in [0.3, 0.4) is 0 Å². The number of aromatic nitrogens is 3. The molecule has 0 bridgehead atoms. The van der Waals surface area contributed by atoms with Crippen LogP contribution in [0.1, 0.15) is 17.0 Å². The zero-order valence-corrected chi connectivity index (χ0v) is 13.0. The van der Waals surface area contributed by atoms with E-state index in [0.29, 0.717) is 24.7 Å². The summed E-state index contributed by atoms with van der Waals surface area (Å²) in [6.45, 7) is 1.65. The molecule has 3 aromatic rings. The maximum Gasteiger partial charge on any atom is 0.160 e. The summed E-state index contributed by atoms with van der Waals surface area (Å²) >= 11 is 6.00. The van der Waals surface area contributed by atoms with Crippen LogP contribution in [0.2, 0.25) is 5.02 Å². The van der Waals surface area contributed by atoms with Gasteiger partial charge in [0.25, 0.3) is 0 Å². The Hall–Kier alpha value is -1.95. The van der Waals surface area contributed by atoms with Gasteiger partial charge < -0.3 is 15.0 Å². The number of imidazole rings is 1. The van der Waals surface area contributed by atoms with E-state index in [4.69, 9.17) is 22.1 Å². The molecule has 2 aromatic heterocycles. The summed E-state index contributed by atoms with van der Waals surface area (Å²) < 4.78 is 7.29. The standard InChI is InChI=1S/C16H17ClN4O/c1-22-10-15-20-14-6-13(17)8-19-16(14)21(15)9-12-4-2-11(7-18)3-5-12/h2-6,8H,7,9-10,18H2,1H3. The van der Waals surface area contributed by atoms with Gasteiger partial charge in [-0.25, -0.2) is 9.97 Å². The van der Waals surface area contributed by atoms with Crippen molar-refractivity contribution in [1.29, 1.82) is 0 Å². The Morgan fingerprint density at radius 2 is 1.95 bits per heavy atom. The summed E-state index contributed by atoms with van der Waals surface area (Å²) in [5, 5.41) is 0.577. The molecule has 0 spiro atoms. The molecule has 114 valence electrons. The van der Waals surface area contributed by atoms with Gasteiger partial charge in [0.1, 0.15) is 17.9 Å². The van der Waals surface area contributed by atoms with E-state index in [1.54, 1.807) is 13.3 Å². The monoisotopic (exact) mass is 316 g/mol. The highest BCUT2D eigenvalue weighted by molar-refractivity contribution is 6.31. The molecule has 1 aromatic carbocycles. The first-order valence-electron chi connectivity index (χ1n) is 6.98. The molecule has 0 saturated heterocycles. The lowest BCUT2D eigenvalue weighted by Gasteiger charge is -2.09. The summed E-state index contributed by atoms with van der Waals surface area (Å²) in [5.41, 5.74) is 9.49. The van der Waals surface area contributed by atoms with E-state index in [0.717, 1.165) is 28.1 Å². The van der Waals surface area contributed by atoms with Gasteiger partial charge in [0.15, 0.2) is 5.65 Å². The van der Waals surface area contributed by atoms with Gasteiger partial charge in [-0.15, -0.1) is 0 Å². The summed E-state index contributed by atoms with van der Waals surface area (Å²) in [4.78, 5) is 8.97. The normalized spacial score (nSPS) is 11.2. The Balaban J connectivity index is 2.01. The number of hydrogen-bond acceptors (Lipinski definition) is 4. The second-order valence-electron chi connectivity index (χ2n) is 5.06. The fraction of sp³-hybridized carbons (Fsp3) is 0.250. The number of benzene rings is 1. The highest BCUT2D eigenvalue weighted by Gasteiger charge is 2.12. The van der Waals surface area contributed by atoms with Crippen LogP contribution in [0.4, 0.5) is 0 Å². The maximum absolute atomic E-state index is 6.00. The topological polar surface area (TPSA) is 66.0 Å². The third-order valence-corrected chi connectivity index (χ3v) is 3.71. The van der Waals surface area contributed by atoms with Crippen molar-refractivity contribution in [3.63, 3.8) is 0 Å². The lowest BCUT2D eigenvalue weighted by molar-refractivity contribution is 0.175. The third kappa shape index (κ3) is 2.97. The Kier molecular flexibility index (Phi) is 4.38. The van der Waals surface area contributed by atoms with Crippen LogP contribution in [0, 0.1) is 0 Å². The van der Waals surface area contributed by atoms with Crippen molar-refractivity contribution < 1.29 is 4.74 Å². The lowest BCUT2D eigenvalue weighted by atomic mass is 10.1. The van der Waals surface area contributed by atoms with Gasteiger partial charge in [-0.1, -0.05) is 35.9 Å². The summed E-state index contributed by atoms with van der Waals surface area (Å²) in [6.07, 6.45) is 1.64. The molecule has 5 nitrogen and oxygen atoms in total. The van der Waals surface area contributed by atoms with Gasteiger partial charge in [-0.2, -0.15) is 0 Å².